The second-order valence-corrected chi connectivity index (χ2v) is 5.96. The highest BCUT2D eigenvalue weighted by atomic mass is 79.9. The zero-order valence-electron chi connectivity index (χ0n) is 10.9. The van der Waals surface area contributed by atoms with E-state index in [1.807, 2.05) is 31.3 Å². The molecule has 3 aromatic rings. The standard InChI is InChI=1S/C14H9BrCl2N4/c1-21-7-8(6-18-21)14-19-12(16)11(13(17)20-14)9-4-2-3-5-10(9)15/h2-7H,1H3. The van der Waals surface area contributed by atoms with Crippen LogP contribution >= 0.6 is 39.1 Å². The molecule has 4 nitrogen and oxygen atoms in total. The number of halogens is 3. The maximum atomic E-state index is 6.31. The average molecular weight is 384 g/mol. The molecule has 0 saturated carbocycles. The van der Waals surface area contributed by atoms with E-state index in [0.717, 1.165) is 15.6 Å². The lowest BCUT2D eigenvalue weighted by molar-refractivity contribution is 0.768. The molecule has 21 heavy (non-hydrogen) atoms. The zero-order valence-corrected chi connectivity index (χ0v) is 14.0. The third kappa shape index (κ3) is 2.81. The van der Waals surface area contributed by atoms with Gasteiger partial charge in [0.15, 0.2) is 5.82 Å². The van der Waals surface area contributed by atoms with Gasteiger partial charge in [-0.3, -0.25) is 4.68 Å². The molecule has 2 aromatic heterocycles. The topological polar surface area (TPSA) is 43.6 Å². The fourth-order valence-corrected chi connectivity index (χ4v) is 3.03. The Bertz CT molecular complexity index is 793. The highest BCUT2D eigenvalue weighted by Crippen LogP contribution is 2.37. The first-order valence-electron chi connectivity index (χ1n) is 6.03. The van der Waals surface area contributed by atoms with Crippen LogP contribution in [0.1, 0.15) is 0 Å². The molecule has 0 bridgehead atoms. The van der Waals surface area contributed by atoms with Crippen molar-refractivity contribution in [2.75, 3.05) is 0 Å². The van der Waals surface area contributed by atoms with Crippen LogP contribution < -0.4 is 0 Å². The quantitative estimate of drug-likeness (QED) is 0.606. The molecule has 0 aliphatic carbocycles. The predicted molar refractivity (Wildman–Crippen MR) is 87.4 cm³/mol. The molecule has 0 atom stereocenters. The predicted octanol–water partition coefficient (Wildman–Crippen LogP) is 4.61. The van der Waals surface area contributed by atoms with Gasteiger partial charge in [-0.15, -0.1) is 0 Å². The Morgan fingerprint density at radius 2 is 1.76 bits per heavy atom. The second-order valence-electron chi connectivity index (χ2n) is 4.39. The molecular weight excluding hydrogens is 375 g/mol. The summed E-state index contributed by atoms with van der Waals surface area (Å²) in [5, 5.41) is 4.70. The van der Waals surface area contributed by atoms with E-state index >= 15 is 0 Å². The third-order valence-electron chi connectivity index (χ3n) is 2.93. The molecule has 0 fully saturated rings. The van der Waals surface area contributed by atoms with Crippen molar-refractivity contribution >= 4 is 39.1 Å². The summed E-state index contributed by atoms with van der Waals surface area (Å²) in [4.78, 5) is 8.66. The minimum absolute atomic E-state index is 0.306. The Hall–Kier alpha value is -1.43. The van der Waals surface area contributed by atoms with Crippen molar-refractivity contribution in [2.24, 2.45) is 7.05 Å². The highest BCUT2D eigenvalue weighted by molar-refractivity contribution is 9.10. The van der Waals surface area contributed by atoms with Gasteiger partial charge in [-0.2, -0.15) is 5.10 Å². The van der Waals surface area contributed by atoms with E-state index in [1.165, 1.54) is 0 Å². The molecule has 2 heterocycles. The smallest absolute Gasteiger partial charge is 0.165 e. The number of aromatic nitrogens is 4. The van der Waals surface area contributed by atoms with Crippen LogP contribution in [-0.2, 0) is 7.05 Å². The lowest BCUT2D eigenvalue weighted by atomic mass is 10.1. The van der Waals surface area contributed by atoms with Gasteiger partial charge in [0, 0.05) is 23.3 Å². The largest absolute Gasteiger partial charge is 0.275 e. The minimum Gasteiger partial charge on any atom is -0.275 e. The van der Waals surface area contributed by atoms with E-state index in [9.17, 15) is 0 Å². The molecule has 0 aliphatic heterocycles. The molecule has 0 amide bonds. The molecule has 0 aliphatic rings. The Morgan fingerprint density at radius 3 is 2.33 bits per heavy atom. The van der Waals surface area contributed by atoms with E-state index in [-0.39, 0.29) is 0 Å². The summed E-state index contributed by atoms with van der Waals surface area (Å²) in [6, 6.07) is 7.64. The summed E-state index contributed by atoms with van der Waals surface area (Å²) in [5.74, 6) is 0.453. The van der Waals surface area contributed by atoms with Crippen molar-refractivity contribution < 1.29 is 0 Å². The molecule has 3 rings (SSSR count). The molecule has 0 saturated heterocycles. The van der Waals surface area contributed by atoms with Crippen molar-refractivity contribution in [1.29, 1.82) is 0 Å². The first-order valence-corrected chi connectivity index (χ1v) is 7.58. The van der Waals surface area contributed by atoms with Crippen molar-refractivity contribution in [3.63, 3.8) is 0 Å². The van der Waals surface area contributed by atoms with Gasteiger partial charge in [-0.05, 0) is 6.07 Å². The fraction of sp³-hybridized carbons (Fsp3) is 0.0714. The zero-order chi connectivity index (χ0) is 15.0. The Kier molecular flexibility index (Phi) is 3.97. The Balaban J connectivity index is 2.15. The van der Waals surface area contributed by atoms with Gasteiger partial charge in [0.25, 0.3) is 0 Å². The van der Waals surface area contributed by atoms with Crippen molar-refractivity contribution in [3.05, 3.63) is 51.4 Å². The van der Waals surface area contributed by atoms with E-state index in [4.69, 9.17) is 23.2 Å². The number of rotatable bonds is 2. The fourth-order valence-electron chi connectivity index (χ4n) is 1.96. The SMILES string of the molecule is Cn1cc(-c2nc(Cl)c(-c3ccccc3Br)c(Cl)n2)cn1. The summed E-state index contributed by atoms with van der Waals surface area (Å²) in [5.41, 5.74) is 2.23. The molecule has 0 unspecified atom stereocenters. The second kappa shape index (κ2) is 5.75. The van der Waals surface area contributed by atoms with Crippen LogP contribution in [0.4, 0.5) is 0 Å². The first-order chi connectivity index (χ1) is 10.1. The number of aryl methyl sites for hydroxylation is 1. The maximum absolute atomic E-state index is 6.31. The number of hydrogen-bond donors (Lipinski definition) is 0. The van der Waals surface area contributed by atoms with Crippen LogP contribution in [0.25, 0.3) is 22.5 Å². The molecule has 106 valence electrons. The molecule has 0 spiro atoms. The maximum Gasteiger partial charge on any atom is 0.165 e. The summed E-state index contributed by atoms with van der Waals surface area (Å²) in [6.07, 6.45) is 3.47. The van der Waals surface area contributed by atoms with Gasteiger partial charge in [-0.1, -0.05) is 57.3 Å². The molecule has 1 aromatic carbocycles. The van der Waals surface area contributed by atoms with Crippen molar-refractivity contribution in [1.82, 2.24) is 19.7 Å². The molecule has 0 N–H and O–H groups in total. The lowest BCUT2D eigenvalue weighted by Gasteiger charge is -2.09. The van der Waals surface area contributed by atoms with Crippen molar-refractivity contribution in [3.8, 4) is 22.5 Å². The van der Waals surface area contributed by atoms with Crippen LogP contribution in [0, 0.1) is 0 Å². The van der Waals surface area contributed by atoms with Crippen LogP contribution in [0.15, 0.2) is 41.1 Å². The van der Waals surface area contributed by atoms with Gasteiger partial charge in [0.05, 0.1) is 17.3 Å². The summed E-state index contributed by atoms with van der Waals surface area (Å²) < 4.78 is 2.55. The van der Waals surface area contributed by atoms with Crippen LogP contribution in [0.5, 0.6) is 0 Å². The Morgan fingerprint density at radius 1 is 1.10 bits per heavy atom. The first kappa shape index (κ1) is 14.5. The monoisotopic (exact) mass is 382 g/mol. The van der Waals surface area contributed by atoms with Gasteiger partial charge in [0.1, 0.15) is 10.3 Å². The van der Waals surface area contributed by atoms with E-state index in [0.29, 0.717) is 21.7 Å². The van der Waals surface area contributed by atoms with Crippen molar-refractivity contribution in [2.45, 2.75) is 0 Å². The average Bonchev–Trinajstić information content (AvgIpc) is 2.87. The summed E-state index contributed by atoms with van der Waals surface area (Å²) >= 11 is 16.1. The van der Waals surface area contributed by atoms with Crippen LogP contribution in [0.2, 0.25) is 10.3 Å². The number of benzene rings is 1. The van der Waals surface area contributed by atoms with Crippen LogP contribution in [-0.4, -0.2) is 19.7 Å². The van der Waals surface area contributed by atoms with E-state index in [2.05, 4.69) is 31.0 Å². The van der Waals surface area contributed by atoms with E-state index in [1.54, 1.807) is 17.1 Å². The lowest BCUT2D eigenvalue weighted by Crippen LogP contribution is -1.94. The summed E-state index contributed by atoms with van der Waals surface area (Å²) in [6.45, 7) is 0. The number of nitrogens with zero attached hydrogens (tertiary/aromatic N) is 4. The highest BCUT2D eigenvalue weighted by Gasteiger charge is 2.17. The van der Waals surface area contributed by atoms with Gasteiger partial charge in [-0.25, -0.2) is 9.97 Å². The van der Waals surface area contributed by atoms with Crippen LogP contribution in [0.3, 0.4) is 0 Å². The number of hydrogen-bond acceptors (Lipinski definition) is 3. The van der Waals surface area contributed by atoms with Gasteiger partial charge in [0.2, 0.25) is 0 Å². The molecular formula is C14H9BrCl2N4. The Labute approximate surface area is 139 Å². The van der Waals surface area contributed by atoms with Gasteiger partial charge >= 0.3 is 0 Å². The third-order valence-corrected chi connectivity index (χ3v) is 4.17. The molecule has 7 heteroatoms. The van der Waals surface area contributed by atoms with E-state index < -0.39 is 0 Å². The summed E-state index contributed by atoms with van der Waals surface area (Å²) in [7, 11) is 1.82. The minimum atomic E-state index is 0.306. The van der Waals surface area contributed by atoms with Gasteiger partial charge < -0.3 is 0 Å². The normalized spacial score (nSPS) is 10.9. The molecule has 0 radical (unpaired) electrons.